The van der Waals surface area contributed by atoms with Crippen molar-refractivity contribution in [2.24, 2.45) is 0 Å². The summed E-state index contributed by atoms with van der Waals surface area (Å²) in [6.07, 6.45) is 0. The second kappa shape index (κ2) is 6.21. The van der Waals surface area contributed by atoms with Crippen LogP contribution in [0, 0.1) is 0 Å². The van der Waals surface area contributed by atoms with Gasteiger partial charge in [0, 0.05) is 12.8 Å². The van der Waals surface area contributed by atoms with Crippen LogP contribution in [0.25, 0.3) is 0 Å². The molecule has 0 spiro atoms. The minimum absolute atomic E-state index is 0.0465. The molecule has 0 radical (unpaired) electrons. The van der Waals surface area contributed by atoms with Gasteiger partial charge in [-0.25, -0.2) is 0 Å². The first kappa shape index (κ1) is 15.0. The molecule has 0 unspecified atom stereocenters. The number of halogens is 1. The van der Waals surface area contributed by atoms with Gasteiger partial charge in [-0.3, -0.25) is 9.69 Å². The normalized spacial score (nSPS) is 11.4. The first-order chi connectivity index (χ1) is 8.41. The highest BCUT2D eigenvalue weighted by Gasteiger charge is 2.23. The molecule has 1 aromatic rings. The lowest BCUT2D eigenvalue weighted by Crippen LogP contribution is -2.35. The zero-order valence-electron chi connectivity index (χ0n) is 11.4. The molecular formula is C14H20ClNO2. The molecule has 3 nitrogen and oxygen atoms in total. The van der Waals surface area contributed by atoms with Crippen LogP contribution in [0.15, 0.2) is 24.3 Å². The molecule has 0 N–H and O–H groups in total. The Morgan fingerprint density at radius 3 is 2.44 bits per heavy atom. The van der Waals surface area contributed by atoms with Crippen molar-refractivity contribution >= 4 is 23.2 Å². The molecule has 0 aliphatic heterocycles. The Morgan fingerprint density at radius 1 is 1.33 bits per heavy atom. The van der Waals surface area contributed by atoms with Crippen LogP contribution >= 0.6 is 11.6 Å². The summed E-state index contributed by atoms with van der Waals surface area (Å²) in [6.45, 7) is 6.55. The molecule has 100 valence electrons. The Labute approximate surface area is 114 Å². The van der Waals surface area contributed by atoms with Gasteiger partial charge in [0.2, 0.25) is 5.91 Å². The lowest BCUT2D eigenvalue weighted by Gasteiger charge is -2.29. The minimum Gasteiger partial charge on any atom is -0.364 e. The lowest BCUT2D eigenvalue weighted by atomic mass is 9.85. The smallest absolute Gasteiger partial charge is 0.243 e. The summed E-state index contributed by atoms with van der Waals surface area (Å²) in [5.74, 6) is -0.211. The molecule has 0 aromatic heterocycles. The summed E-state index contributed by atoms with van der Waals surface area (Å²) < 4.78 is 5.10. The number of hydrogen-bond donors (Lipinski definition) is 0. The SMILES string of the molecule is COCN(C(=O)CCl)c1ccccc1C(C)(C)C. The maximum atomic E-state index is 11.9. The fraction of sp³-hybridized carbons (Fsp3) is 0.500. The van der Waals surface area contributed by atoms with Crippen molar-refractivity contribution in [3.8, 4) is 0 Å². The van der Waals surface area contributed by atoms with E-state index in [0.717, 1.165) is 11.3 Å². The first-order valence-electron chi connectivity index (χ1n) is 5.86. The zero-order chi connectivity index (χ0) is 13.8. The van der Waals surface area contributed by atoms with E-state index in [0.29, 0.717) is 0 Å². The number of amides is 1. The average Bonchev–Trinajstić information content (AvgIpc) is 2.34. The number of hydrogen-bond acceptors (Lipinski definition) is 2. The van der Waals surface area contributed by atoms with Gasteiger partial charge in [0.15, 0.2) is 0 Å². The number of nitrogens with zero attached hydrogens (tertiary/aromatic N) is 1. The highest BCUT2D eigenvalue weighted by Crippen LogP contribution is 2.31. The van der Waals surface area contributed by atoms with Crippen LogP contribution in [-0.4, -0.2) is 25.6 Å². The zero-order valence-corrected chi connectivity index (χ0v) is 12.1. The summed E-state index contributed by atoms with van der Waals surface area (Å²) in [7, 11) is 1.56. The molecular weight excluding hydrogens is 250 g/mol. The van der Waals surface area contributed by atoms with Crippen LogP contribution in [0.2, 0.25) is 0 Å². The number of anilines is 1. The summed E-state index contributed by atoms with van der Waals surface area (Å²) in [5, 5.41) is 0. The number of rotatable bonds is 4. The number of methoxy groups -OCH3 is 1. The van der Waals surface area contributed by atoms with E-state index in [4.69, 9.17) is 16.3 Å². The third kappa shape index (κ3) is 3.47. The van der Waals surface area contributed by atoms with Gasteiger partial charge >= 0.3 is 0 Å². The molecule has 4 heteroatoms. The van der Waals surface area contributed by atoms with E-state index in [2.05, 4.69) is 20.8 Å². The number of alkyl halides is 1. The third-order valence-electron chi connectivity index (χ3n) is 2.68. The van der Waals surface area contributed by atoms with Crippen molar-refractivity contribution in [3.05, 3.63) is 29.8 Å². The van der Waals surface area contributed by atoms with E-state index >= 15 is 0 Å². The molecule has 0 bridgehead atoms. The Kier molecular flexibility index (Phi) is 5.17. The third-order valence-corrected chi connectivity index (χ3v) is 2.91. The first-order valence-corrected chi connectivity index (χ1v) is 6.40. The summed E-state index contributed by atoms with van der Waals surface area (Å²) in [5.41, 5.74) is 1.91. The standard InChI is InChI=1S/C14H20ClNO2/c1-14(2,3)11-7-5-6-8-12(11)16(10-18-4)13(17)9-15/h5-8H,9-10H2,1-4H3. The number of ether oxygens (including phenoxy) is 1. The molecule has 0 aliphatic carbocycles. The largest absolute Gasteiger partial charge is 0.364 e. The predicted octanol–water partition coefficient (Wildman–Crippen LogP) is 3.16. The molecule has 0 saturated carbocycles. The quantitative estimate of drug-likeness (QED) is 0.621. The van der Waals surface area contributed by atoms with Crippen molar-refractivity contribution in [1.82, 2.24) is 0 Å². The Hall–Kier alpha value is -1.06. The highest BCUT2D eigenvalue weighted by atomic mass is 35.5. The Morgan fingerprint density at radius 2 is 1.94 bits per heavy atom. The predicted molar refractivity (Wildman–Crippen MR) is 75.2 cm³/mol. The number of benzene rings is 1. The molecule has 0 aliphatic rings. The maximum Gasteiger partial charge on any atom is 0.243 e. The second-order valence-corrected chi connectivity index (χ2v) is 5.41. The van der Waals surface area contributed by atoms with Crippen LogP contribution in [0.3, 0.4) is 0 Å². The van der Waals surface area contributed by atoms with Crippen LogP contribution in [-0.2, 0) is 14.9 Å². The molecule has 1 amide bonds. The molecule has 0 heterocycles. The van der Waals surface area contributed by atoms with E-state index < -0.39 is 0 Å². The van der Waals surface area contributed by atoms with Gasteiger partial charge in [-0.05, 0) is 17.0 Å². The van der Waals surface area contributed by atoms with E-state index in [1.54, 1.807) is 12.0 Å². The van der Waals surface area contributed by atoms with Gasteiger partial charge in [-0.1, -0.05) is 39.0 Å². The monoisotopic (exact) mass is 269 g/mol. The van der Waals surface area contributed by atoms with Gasteiger partial charge in [-0.2, -0.15) is 0 Å². The second-order valence-electron chi connectivity index (χ2n) is 5.14. The van der Waals surface area contributed by atoms with Gasteiger partial charge in [0.25, 0.3) is 0 Å². The van der Waals surface area contributed by atoms with Gasteiger partial charge in [0.1, 0.15) is 12.6 Å². The molecule has 0 fully saturated rings. The summed E-state index contributed by atoms with van der Waals surface area (Å²) >= 11 is 5.65. The highest BCUT2D eigenvalue weighted by molar-refractivity contribution is 6.29. The number of carbonyl (C=O) groups excluding carboxylic acids is 1. The minimum atomic E-state index is -0.157. The van der Waals surface area contributed by atoms with E-state index in [9.17, 15) is 4.79 Å². The summed E-state index contributed by atoms with van der Waals surface area (Å²) in [6, 6.07) is 7.83. The number of carbonyl (C=O) groups is 1. The molecule has 0 saturated heterocycles. The van der Waals surface area contributed by atoms with E-state index in [1.807, 2.05) is 24.3 Å². The van der Waals surface area contributed by atoms with Crippen LogP contribution in [0.5, 0.6) is 0 Å². The maximum absolute atomic E-state index is 11.9. The van der Waals surface area contributed by atoms with Gasteiger partial charge < -0.3 is 4.74 Å². The van der Waals surface area contributed by atoms with Crippen molar-refractivity contribution in [2.75, 3.05) is 24.6 Å². The fourth-order valence-corrected chi connectivity index (χ4v) is 1.96. The van der Waals surface area contributed by atoms with Crippen molar-refractivity contribution < 1.29 is 9.53 Å². The Bertz CT molecular complexity index is 413. The van der Waals surface area contributed by atoms with Crippen molar-refractivity contribution in [3.63, 3.8) is 0 Å². The van der Waals surface area contributed by atoms with E-state index in [1.165, 1.54) is 0 Å². The number of para-hydroxylation sites is 1. The van der Waals surface area contributed by atoms with Crippen molar-refractivity contribution in [1.29, 1.82) is 0 Å². The summed E-state index contributed by atoms with van der Waals surface area (Å²) in [4.78, 5) is 13.5. The fourth-order valence-electron chi connectivity index (χ4n) is 1.82. The molecule has 0 atom stereocenters. The average molecular weight is 270 g/mol. The van der Waals surface area contributed by atoms with Crippen molar-refractivity contribution in [2.45, 2.75) is 26.2 Å². The lowest BCUT2D eigenvalue weighted by molar-refractivity contribution is -0.117. The Balaban J connectivity index is 3.24. The molecule has 1 aromatic carbocycles. The van der Waals surface area contributed by atoms with Crippen LogP contribution < -0.4 is 4.90 Å². The topological polar surface area (TPSA) is 29.5 Å². The van der Waals surface area contributed by atoms with Crippen LogP contribution in [0.4, 0.5) is 5.69 Å². The molecule has 18 heavy (non-hydrogen) atoms. The molecule has 1 rings (SSSR count). The van der Waals surface area contributed by atoms with Gasteiger partial charge in [-0.15, -0.1) is 11.6 Å². The van der Waals surface area contributed by atoms with Gasteiger partial charge in [0.05, 0.1) is 0 Å². The van der Waals surface area contributed by atoms with E-state index in [-0.39, 0.29) is 23.9 Å². The van der Waals surface area contributed by atoms with Crippen LogP contribution in [0.1, 0.15) is 26.3 Å².